The van der Waals surface area contributed by atoms with E-state index >= 15 is 0 Å². The van der Waals surface area contributed by atoms with Crippen molar-refractivity contribution in [3.05, 3.63) is 12.1 Å². The van der Waals surface area contributed by atoms with E-state index in [9.17, 15) is 0 Å². The molecule has 0 spiro atoms. The summed E-state index contributed by atoms with van der Waals surface area (Å²) < 4.78 is 5.09. The molecule has 0 aliphatic carbocycles. The van der Waals surface area contributed by atoms with Gasteiger partial charge in [0.05, 0.1) is 12.8 Å². The van der Waals surface area contributed by atoms with Crippen LogP contribution in [0.2, 0.25) is 0 Å². The molecule has 0 aliphatic heterocycles. The van der Waals surface area contributed by atoms with Crippen LogP contribution in [0.4, 0.5) is 0 Å². The van der Waals surface area contributed by atoms with Crippen molar-refractivity contribution < 1.29 is 4.74 Å². The zero-order valence-corrected chi connectivity index (χ0v) is 6.79. The molecular formula is C7H14N2O. The summed E-state index contributed by atoms with van der Waals surface area (Å²) in [5.74, 6) is 0.563. The van der Waals surface area contributed by atoms with Gasteiger partial charge >= 0.3 is 0 Å². The minimum atomic E-state index is 0.563. The van der Waals surface area contributed by atoms with Crippen LogP contribution < -0.4 is 0 Å². The summed E-state index contributed by atoms with van der Waals surface area (Å²) in [6.07, 6.45) is 1.77. The van der Waals surface area contributed by atoms with E-state index in [1.54, 1.807) is 6.20 Å². The number of nitrogens with zero attached hydrogens (tertiary/aromatic N) is 2. The van der Waals surface area contributed by atoms with Gasteiger partial charge in [-0.05, 0) is 13.6 Å². The van der Waals surface area contributed by atoms with E-state index in [0.29, 0.717) is 12.5 Å². The summed E-state index contributed by atoms with van der Waals surface area (Å²) in [5, 5.41) is 0. The third kappa shape index (κ3) is 3.95. The number of ether oxygens (including phenoxy) is 1. The lowest BCUT2D eigenvalue weighted by Crippen LogP contribution is -2.03. The topological polar surface area (TPSA) is 24.8 Å². The molecule has 0 atom stereocenters. The van der Waals surface area contributed by atoms with E-state index in [4.69, 9.17) is 4.74 Å². The molecule has 0 aromatic carbocycles. The molecule has 58 valence electrons. The van der Waals surface area contributed by atoms with Gasteiger partial charge in [-0.2, -0.15) is 0 Å². The number of rotatable bonds is 4. The van der Waals surface area contributed by atoms with Gasteiger partial charge in [0.1, 0.15) is 0 Å². The first kappa shape index (κ1) is 9.01. The van der Waals surface area contributed by atoms with Gasteiger partial charge < -0.3 is 9.64 Å². The number of aliphatic imine (C=N–C) groups is 1. The Kier molecular flexibility index (Phi) is 4.37. The zero-order chi connectivity index (χ0) is 7.98. The molecule has 3 nitrogen and oxygen atoms in total. The van der Waals surface area contributed by atoms with Crippen LogP contribution in [0.1, 0.15) is 6.92 Å². The quantitative estimate of drug-likeness (QED) is 0.433. The highest BCUT2D eigenvalue weighted by Gasteiger charge is 1.90. The minimum absolute atomic E-state index is 0.563. The second-order valence-electron chi connectivity index (χ2n) is 2.02. The normalized spacial score (nSPS) is 10.9. The number of hydrogen-bond acceptors (Lipinski definition) is 3. The van der Waals surface area contributed by atoms with Crippen LogP contribution >= 0.6 is 0 Å². The van der Waals surface area contributed by atoms with E-state index < -0.39 is 0 Å². The van der Waals surface area contributed by atoms with Gasteiger partial charge in [0.15, 0.2) is 0 Å². The first-order valence-corrected chi connectivity index (χ1v) is 3.18. The lowest BCUT2D eigenvalue weighted by Gasteiger charge is -2.07. The monoisotopic (exact) mass is 142 g/mol. The lowest BCUT2D eigenvalue weighted by atomic mass is 10.7. The SMILES string of the molecule is C=N/C(=C\N(C)C)OCC. The Labute approximate surface area is 62.0 Å². The van der Waals surface area contributed by atoms with Crippen LogP contribution in [0.3, 0.4) is 0 Å². The van der Waals surface area contributed by atoms with Crippen LogP contribution in [0.15, 0.2) is 17.1 Å². The molecule has 0 aliphatic rings. The van der Waals surface area contributed by atoms with Gasteiger partial charge in [0, 0.05) is 14.1 Å². The van der Waals surface area contributed by atoms with Crippen molar-refractivity contribution in [3.63, 3.8) is 0 Å². The molecule has 0 heterocycles. The van der Waals surface area contributed by atoms with Crippen molar-refractivity contribution >= 4 is 6.72 Å². The van der Waals surface area contributed by atoms with Crippen molar-refractivity contribution in [2.45, 2.75) is 6.92 Å². The molecule has 0 saturated carbocycles. The van der Waals surface area contributed by atoms with E-state index in [0.717, 1.165) is 0 Å². The Balaban J connectivity index is 3.90. The maximum absolute atomic E-state index is 5.09. The fourth-order valence-corrected chi connectivity index (χ4v) is 0.492. The standard InChI is InChI=1S/C7H14N2O/c1-5-10-7(8-2)6-9(3)4/h6H,2,5H2,1,3-4H3/b7-6+. The number of hydrogen-bond donors (Lipinski definition) is 0. The Morgan fingerprint density at radius 3 is 2.60 bits per heavy atom. The summed E-state index contributed by atoms with van der Waals surface area (Å²) >= 11 is 0. The Hall–Kier alpha value is -0.990. The fraction of sp³-hybridized carbons (Fsp3) is 0.571. The highest BCUT2D eigenvalue weighted by molar-refractivity contribution is 5.27. The second-order valence-corrected chi connectivity index (χ2v) is 2.02. The third-order valence-electron chi connectivity index (χ3n) is 0.817. The van der Waals surface area contributed by atoms with Crippen molar-refractivity contribution in [3.8, 4) is 0 Å². The molecule has 0 unspecified atom stereocenters. The van der Waals surface area contributed by atoms with Gasteiger partial charge in [0.25, 0.3) is 0 Å². The zero-order valence-electron chi connectivity index (χ0n) is 6.79. The maximum Gasteiger partial charge on any atom is 0.229 e. The molecule has 0 aromatic rings. The second kappa shape index (κ2) is 4.85. The average Bonchev–Trinajstić information content (AvgIpc) is 1.86. The molecule has 10 heavy (non-hydrogen) atoms. The van der Waals surface area contributed by atoms with Crippen molar-refractivity contribution in [2.24, 2.45) is 4.99 Å². The molecule has 0 aromatic heterocycles. The van der Waals surface area contributed by atoms with Crippen LogP contribution in [-0.4, -0.2) is 32.3 Å². The van der Waals surface area contributed by atoms with Crippen LogP contribution in [0.5, 0.6) is 0 Å². The molecular weight excluding hydrogens is 128 g/mol. The van der Waals surface area contributed by atoms with Crippen LogP contribution in [0, 0.1) is 0 Å². The van der Waals surface area contributed by atoms with Gasteiger partial charge in [0.2, 0.25) is 5.88 Å². The average molecular weight is 142 g/mol. The van der Waals surface area contributed by atoms with E-state index in [2.05, 4.69) is 11.7 Å². The van der Waals surface area contributed by atoms with Gasteiger partial charge in [-0.3, -0.25) is 0 Å². The smallest absolute Gasteiger partial charge is 0.229 e. The Morgan fingerprint density at radius 2 is 2.30 bits per heavy atom. The van der Waals surface area contributed by atoms with E-state index in [1.807, 2.05) is 25.9 Å². The van der Waals surface area contributed by atoms with Gasteiger partial charge in [-0.15, -0.1) is 0 Å². The summed E-state index contributed by atoms with van der Waals surface area (Å²) in [7, 11) is 3.81. The highest BCUT2D eigenvalue weighted by Crippen LogP contribution is 1.97. The van der Waals surface area contributed by atoms with Crippen LogP contribution in [0.25, 0.3) is 0 Å². The third-order valence-corrected chi connectivity index (χ3v) is 0.817. The fourth-order valence-electron chi connectivity index (χ4n) is 0.492. The van der Waals surface area contributed by atoms with Gasteiger partial charge in [-0.25, -0.2) is 4.99 Å². The first-order chi connectivity index (χ1) is 4.70. The minimum Gasteiger partial charge on any atom is -0.477 e. The molecule has 0 radical (unpaired) electrons. The molecule has 0 bridgehead atoms. The van der Waals surface area contributed by atoms with Crippen LogP contribution in [-0.2, 0) is 4.74 Å². The summed E-state index contributed by atoms with van der Waals surface area (Å²) in [4.78, 5) is 5.53. The van der Waals surface area contributed by atoms with E-state index in [-0.39, 0.29) is 0 Å². The molecule has 0 rings (SSSR count). The summed E-state index contributed by atoms with van der Waals surface area (Å²) in [5.41, 5.74) is 0. The highest BCUT2D eigenvalue weighted by atomic mass is 16.5. The van der Waals surface area contributed by atoms with Gasteiger partial charge in [-0.1, -0.05) is 0 Å². The predicted octanol–water partition coefficient (Wildman–Crippen LogP) is 1.08. The Bertz CT molecular complexity index is 130. The molecule has 0 N–H and O–H groups in total. The molecule has 0 saturated heterocycles. The first-order valence-electron chi connectivity index (χ1n) is 3.18. The largest absolute Gasteiger partial charge is 0.477 e. The van der Waals surface area contributed by atoms with Crippen molar-refractivity contribution in [1.29, 1.82) is 0 Å². The van der Waals surface area contributed by atoms with E-state index in [1.165, 1.54) is 0 Å². The van der Waals surface area contributed by atoms with Crippen molar-refractivity contribution in [1.82, 2.24) is 4.90 Å². The maximum atomic E-state index is 5.09. The summed E-state index contributed by atoms with van der Waals surface area (Å²) in [6.45, 7) is 5.90. The summed E-state index contributed by atoms with van der Waals surface area (Å²) in [6, 6.07) is 0. The molecule has 0 amide bonds. The Morgan fingerprint density at radius 1 is 1.70 bits per heavy atom. The molecule has 0 fully saturated rings. The van der Waals surface area contributed by atoms with Crippen molar-refractivity contribution in [2.75, 3.05) is 20.7 Å². The molecule has 3 heteroatoms. The lowest BCUT2D eigenvalue weighted by molar-refractivity contribution is 0.221. The predicted molar refractivity (Wildman–Crippen MR) is 42.9 cm³/mol.